The molecule has 5 nitrogen and oxygen atoms in total. The largest absolute Gasteiger partial charge is 0.354 e. The first-order chi connectivity index (χ1) is 13.1. The molecule has 0 spiro atoms. The van der Waals surface area contributed by atoms with Gasteiger partial charge in [0.25, 0.3) is 5.56 Å². The molecule has 2 aliphatic carbocycles. The van der Waals surface area contributed by atoms with Gasteiger partial charge < -0.3 is 5.32 Å². The van der Waals surface area contributed by atoms with Gasteiger partial charge in [-0.3, -0.25) is 9.59 Å². The Labute approximate surface area is 162 Å². The number of carbonyl (C=O) groups excluding carboxylic acids is 1. The normalized spacial score (nSPS) is 22.9. The summed E-state index contributed by atoms with van der Waals surface area (Å²) in [4.78, 5) is 25.6. The lowest BCUT2D eigenvalue weighted by Gasteiger charge is -2.18. The van der Waals surface area contributed by atoms with Gasteiger partial charge in [0, 0.05) is 23.1 Å². The highest BCUT2D eigenvalue weighted by Crippen LogP contribution is 2.42. The molecule has 6 heteroatoms. The first kappa shape index (κ1) is 18.0. The number of rotatable bonds is 6. The van der Waals surface area contributed by atoms with Crippen LogP contribution in [0, 0.1) is 17.8 Å². The van der Waals surface area contributed by atoms with E-state index in [9.17, 15) is 9.59 Å². The lowest BCUT2D eigenvalue weighted by atomic mass is 9.94. The van der Waals surface area contributed by atoms with E-state index in [1.807, 2.05) is 30.5 Å². The number of carbonyl (C=O) groups is 1. The Morgan fingerprint density at radius 2 is 2.00 bits per heavy atom. The second-order valence-electron chi connectivity index (χ2n) is 7.29. The van der Waals surface area contributed by atoms with E-state index < -0.39 is 0 Å². The summed E-state index contributed by atoms with van der Waals surface area (Å²) < 4.78 is 1.24. The number of hydrogen-bond acceptors (Lipinski definition) is 4. The van der Waals surface area contributed by atoms with Gasteiger partial charge in [0.05, 0.1) is 5.69 Å². The predicted octanol–water partition coefficient (Wildman–Crippen LogP) is 2.96. The Morgan fingerprint density at radius 1 is 1.19 bits per heavy atom. The van der Waals surface area contributed by atoms with Crippen LogP contribution in [0.1, 0.15) is 12.8 Å². The van der Waals surface area contributed by atoms with Crippen LogP contribution in [0.25, 0.3) is 11.3 Å². The molecule has 0 saturated heterocycles. The molecule has 2 aliphatic rings. The average molecular weight is 382 g/mol. The van der Waals surface area contributed by atoms with Crippen LogP contribution in [0.5, 0.6) is 0 Å². The van der Waals surface area contributed by atoms with Crippen molar-refractivity contribution in [3.63, 3.8) is 0 Å². The molecule has 1 N–H and O–H groups in total. The van der Waals surface area contributed by atoms with E-state index >= 15 is 0 Å². The van der Waals surface area contributed by atoms with E-state index in [-0.39, 0.29) is 18.0 Å². The van der Waals surface area contributed by atoms with Crippen LogP contribution in [-0.4, -0.2) is 28.5 Å². The molecule has 2 bridgehead atoms. The van der Waals surface area contributed by atoms with Crippen molar-refractivity contribution in [3.05, 3.63) is 58.9 Å². The molecule has 0 radical (unpaired) electrons. The number of hydrogen-bond donors (Lipinski definition) is 1. The number of nitrogens with one attached hydrogen (secondary N) is 1. The summed E-state index contributed by atoms with van der Waals surface area (Å²) in [5.41, 5.74) is 1.35. The average Bonchev–Trinajstić information content (AvgIpc) is 3.31. The summed E-state index contributed by atoms with van der Waals surface area (Å²) in [6.45, 7) is 0.626. The van der Waals surface area contributed by atoms with Crippen molar-refractivity contribution in [2.75, 3.05) is 12.8 Å². The summed E-state index contributed by atoms with van der Waals surface area (Å²) in [7, 11) is 0. The second-order valence-corrected chi connectivity index (χ2v) is 8.17. The number of benzene rings is 1. The van der Waals surface area contributed by atoms with Crippen LogP contribution >= 0.6 is 11.8 Å². The molecule has 0 unspecified atom stereocenters. The van der Waals surface area contributed by atoms with Crippen molar-refractivity contribution in [1.29, 1.82) is 0 Å². The van der Waals surface area contributed by atoms with Crippen LogP contribution in [0.3, 0.4) is 0 Å². The van der Waals surface area contributed by atoms with Gasteiger partial charge in [0.1, 0.15) is 6.54 Å². The zero-order chi connectivity index (χ0) is 18.8. The van der Waals surface area contributed by atoms with Gasteiger partial charge in [-0.15, -0.1) is 11.8 Å². The zero-order valence-corrected chi connectivity index (χ0v) is 16.1. The van der Waals surface area contributed by atoms with E-state index in [1.165, 1.54) is 22.1 Å². The third-order valence-corrected chi connectivity index (χ3v) is 6.27. The lowest BCUT2D eigenvalue weighted by Crippen LogP contribution is -2.36. The third kappa shape index (κ3) is 4.00. The molecule has 1 fully saturated rings. The van der Waals surface area contributed by atoms with E-state index in [2.05, 4.69) is 22.6 Å². The van der Waals surface area contributed by atoms with Gasteiger partial charge in [0.15, 0.2) is 0 Å². The quantitative estimate of drug-likeness (QED) is 0.617. The highest BCUT2D eigenvalue weighted by molar-refractivity contribution is 7.98. The standard InChI is InChI=1S/C21H23N3O2S/c1-27-18-6-4-15(5-7-18)19-8-9-21(26)24(23-19)13-20(25)22-12-17-11-14-2-3-16(17)10-14/h2-9,14,16-17H,10-13H2,1H3,(H,22,25)/t14-,16+,17-/m1/s1. The number of aromatic nitrogens is 2. The molecule has 1 heterocycles. The van der Waals surface area contributed by atoms with Gasteiger partial charge >= 0.3 is 0 Å². The Morgan fingerprint density at radius 3 is 2.67 bits per heavy atom. The fourth-order valence-corrected chi connectivity index (χ4v) is 4.45. The van der Waals surface area contributed by atoms with Crippen LogP contribution in [0.2, 0.25) is 0 Å². The van der Waals surface area contributed by atoms with E-state index in [4.69, 9.17) is 0 Å². The van der Waals surface area contributed by atoms with Crippen molar-refractivity contribution in [2.45, 2.75) is 24.3 Å². The number of thioether (sulfide) groups is 1. The fourth-order valence-electron chi connectivity index (χ4n) is 4.04. The number of fused-ring (bicyclic) bond motifs is 2. The molecule has 1 saturated carbocycles. The summed E-state index contributed by atoms with van der Waals surface area (Å²) in [5, 5.41) is 7.37. The molecule has 4 rings (SSSR count). The molecular formula is C21H23N3O2S. The van der Waals surface area contributed by atoms with Crippen molar-refractivity contribution in [2.24, 2.45) is 17.8 Å². The number of allylic oxidation sites excluding steroid dienone is 2. The number of amides is 1. The van der Waals surface area contributed by atoms with Gasteiger partial charge in [-0.05, 0) is 55.1 Å². The maximum Gasteiger partial charge on any atom is 0.267 e. The molecule has 0 aliphatic heterocycles. The van der Waals surface area contributed by atoms with E-state index in [1.54, 1.807) is 17.8 Å². The summed E-state index contributed by atoms with van der Waals surface area (Å²) >= 11 is 1.67. The monoisotopic (exact) mass is 381 g/mol. The summed E-state index contributed by atoms with van der Waals surface area (Å²) in [6, 6.07) is 11.2. The molecule has 1 aromatic carbocycles. The van der Waals surface area contributed by atoms with Crippen molar-refractivity contribution in [1.82, 2.24) is 15.1 Å². The van der Waals surface area contributed by atoms with E-state index in [0.717, 1.165) is 12.0 Å². The summed E-state index contributed by atoms with van der Waals surface area (Å²) in [5.74, 6) is 1.65. The molecule has 27 heavy (non-hydrogen) atoms. The van der Waals surface area contributed by atoms with Gasteiger partial charge in [-0.25, -0.2) is 4.68 Å². The molecule has 140 valence electrons. The molecule has 2 aromatic rings. The lowest BCUT2D eigenvalue weighted by molar-refractivity contribution is -0.122. The molecular weight excluding hydrogens is 358 g/mol. The third-order valence-electron chi connectivity index (χ3n) is 5.52. The highest BCUT2D eigenvalue weighted by atomic mass is 32.2. The topological polar surface area (TPSA) is 64.0 Å². The Hall–Kier alpha value is -2.34. The Bertz CT molecular complexity index is 920. The predicted molar refractivity (Wildman–Crippen MR) is 108 cm³/mol. The SMILES string of the molecule is CSc1ccc(-c2ccc(=O)n(CC(=O)NC[C@H]3C[C@@H]4C=C[C@H]3C4)n2)cc1. The minimum Gasteiger partial charge on any atom is -0.354 e. The van der Waals surface area contributed by atoms with Gasteiger partial charge in [0.2, 0.25) is 5.91 Å². The van der Waals surface area contributed by atoms with Crippen LogP contribution in [0.4, 0.5) is 0 Å². The van der Waals surface area contributed by atoms with Crippen molar-refractivity contribution < 1.29 is 4.79 Å². The van der Waals surface area contributed by atoms with E-state index in [0.29, 0.717) is 30.0 Å². The highest BCUT2D eigenvalue weighted by Gasteiger charge is 2.35. The Kier molecular flexibility index (Phi) is 5.16. The fraction of sp³-hybridized carbons (Fsp3) is 0.381. The molecule has 1 aromatic heterocycles. The maximum absolute atomic E-state index is 12.3. The van der Waals surface area contributed by atoms with Crippen molar-refractivity contribution in [3.8, 4) is 11.3 Å². The first-order valence-corrected chi connectivity index (χ1v) is 10.5. The minimum atomic E-state index is -0.266. The second kappa shape index (κ2) is 7.72. The first-order valence-electron chi connectivity index (χ1n) is 9.30. The molecule has 3 atom stereocenters. The number of nitrogens with zero attached hydrogens (tertiary/aromatic N) is 2. The summed E-state index contributed by atoms with van der Waals surface area (Å²) in [6.07, 6.45) is 8.98. The minimum absolute atomic E-state index is 0.0494. The van der Waals surface area contributed by atoms with Crippen LogP contribution < -0.4 is 10.9 Å². The molecule has 1 amide bonds. The van der Waals surface area contributed by atoms with Gasteiger partial charge in [-0.1, -0.05) is 24.3 Å². The maximum atomic E-state index is 12.3. The zero-order valence-electron chi connectivity index (χ0n) is 15.3. The smallest absolute Gasteiger partial charge is 0.267 e. The van der Waals surface area contributed by atoms with Crippen LogP contribution in [-0.2, 0) is 11.3 Å². The Balaban J connectivity index is 1.41. The van der Waals surface area contributed by atoms with Gasteiger partial charge in [-0.2, -0.15) is 5.10 Å². The van der Waals surface area contributed by atoms with Crippen molar-refractivity contribution >= 4 is 17.7 Å². The van der Waals surface area contributed by atoms with Crippen LogP contribution in [0.15, 0.2) is 58.2 Å².